The van der Waals surface area contributed by atoms with E-state index in [0.29, 0.717) is 13.2 Å². The van der Waals surface area contributed by atoms with Gasteiger partial charge in [-0.25, -0.2) is 8.42 Å². The molecule has 0 aliphatic carbocycles. The second-order valence-corrected chi connectivity index (χ2v) is 8.32. The first-order chi connectivity index (χ1) is 14.5. The molecule has 154 valence electrons. The van der Waals surface area contributed by atoms with E-state index in [1.165, 1.54) is 4.31 Å². The fourth-order valence-corrected chi connectivity index (χ4v) is 3.76. The average Bonchev–Trinajstić information content (AvgIpc) is 2.74. The van der Waals surface area contributed by atoms with Crippen molar-refractivity contribution in [1.82, 2.24) is 4.31 Å². The minimum atomic E-state index is -3.63. The summed E-state index contributed by atoms with van der Waals surface area (Å²) in [6.45, 7) is 10.2. The van der Waals surface area contributed by atoms with E-state index in [-0.39, 0.29) is 18.0 Å². The summed E-state index contributed by atoms with van der Waals surface area (Å²) in [5, 5.41) is 0. The second kappa shape index (κ2) is 11.8. The normalized spacial score (nSPS) is 10.5. The second-order valence-electron chi connectivity index (χ2n) is 6.38. The van der Waals surface area contributed by atoms with Crippen molar-refractivity contribution in [3.8, 4) is 23.7 Å². The third-order valence-electron chi connectivity index (χ3n) is 4.01. The zero-order chi connectivity index (χ0) is 21.8. The highest BCUT2D eigenvalue weighted by Gasteiger charge is 2.22. The third-order valence-corrected chi connectivity index (χ3v) is 5.83. The van der Waals surface area contributed by atoms with Crippen LogP contribution in [-0.2, 0) is 14.8 Å². The molecular weight excluding hydrogens is 394 g/mol. The van der Waals surface area contributed by atoms with Gasteiger partial charge in [0.25, 0.3) is 0 Å². The van der Waals surface area contributed by atoms with Crippen molar-refractivity contribution in [2.45, 2.75) is 11.8 Å². The Morgan fingerprint density at radius 1 is 0.933 bits per heavy atom. The summed E-state index contributed by atoms with van der Waals surface area (Å²) in [7, 11) is -3.63. The topological polar surface area (TPSA) is 46.6 Å². The molecule has 2 aromatic carbocycles. The van der Waals surface area contributed by atoms with E-state index in [2.05, 4.69) is 36.8 Å². The van der Waals surface area contributed by atoms with Crippen molar-refractivity contribution < 1.29 is 13.2 Å². The SMILES string of the molecule is C=CCOCC#Cc1ccc(C#CCN(CC=C)S(=O)(=O)c2ccc(C)cc2)cc1. The van der Waals surface area contributed by atoms with Crippen LogP contribution in [0.25, 0.3) is 0 Å². The molecule has 0 aliphatic heterocycles. The molecule has 0 aliphatic rings. The lowest BCUT2D eigenvalue weighted by Gasteiger charge is -2.18. The molecule has 0 radical (unpaired) electrons. The summed E-state index contributed by atoms with van der Waals surface area (Å²) in [5.74, 6) is 11.9. The number of ether oxygens (including phenoxy) is 1. The standard InChI is InChI=1S/C25H25NO3S/c1-4-18-26(30(27,28)25-16-10-22(3)11-17-25)19-6-8-23-12-14-24(15-13-23)9-7-21-29-20-5-2/h4-5,10-17H,1-2,18-21H2,3H3. The van der Waals surface area contributed by atoms with Gasteiger partial charge in [0.15, 0.2) is 0 Å². The van der Waals surface area contributed by atoms with Gasteiger partial charge in [0, 0.05) is 17.7 Å². The Labute approximate surface area is 179 Å². The number of hydrogen-bond donors (Lipinski definition) is 0. The summed E-state index contributed by atoms with van der Waals surface area (Å²) in [6, 6.07) is 14.2. The Bertz CT molecular complexity index is 1080. The van der Waals surface area contributed by atoms with Crippen molar-refractivity contribution in [1.29, 1.82) is 0 Å². The molecule has 0 spiro atoms. The molecule has 2 aromatic rings. The van der Waals surface area contributed by atoms with Crippen LogP contribution in [0.3, 0.4) is 0 Å². The molecule has 0 atom stereocenters. The molecule has 4 nitrogen and oxygen atoms in total. The van der Waals surface area contributed by atoms with Crippen LogP contribution in [0.1, 0.15) is 16.7 Å². The zero-order valence-electron chi connectivity index (χ0n) is 17.1. The first-order valence-corrected chi connectivity index (χ1v) is 10.9. The molecule has 0 unspecified atom stereocenters. The Kier molecular flexibility index (Phi) is 9.12. The number of aryl methyl sites for hydroxylation is 1. The molecule has 0 fully saturated rings. The van der Waals surface area contributed by atoms with Gasteiger partial charge in [0.2, 0.25) is 10.0 Å². The summed E-state index contributed by atoms with van der Waals surface area (Å²) >= 11 is 0. The smallest absolute Gasteiger partial charge is 0.244 e. The average molecular weight is 420 g/mol. The van der Waals surface area contributed by atoms with E-state index in [0.717, 1.165) is 16.7 Å². The number of rotatable bonds is 8. The van der Waals surface area contributed by atoms with Crippen molar-refractivity contribution in [2.24, 2.45) is 0 Å². The Morgan fingerprint density at radius 2 is 1.53 bits per heavy atom. The lowest BCUT2D eigenvalue weighted by molar-refractivity contribution is 0.199. The first-order valence-electron chi connectivity index (χ1n) is 9.41. The lowest BCUT2D eigenvalue weighted by atomic mass is 10.1. The minimum Gasteiger partial charge on any atom is -0.365 e. The number of sulfonamides is 1. The van der Waals surface area contributed by atoms with Crippen molar-refractivity contribution in [2.75, 3.05) is 26.3 Å². The summed E-state index contributed by atoms with van der Waals surface area (Å²) in [6.07, 6.45) is 3.23. The largest absolute Gasteiger partial charge is 0.365 e. The molecule has 30 heavy (non-hydrogen) atoms. The van der Waals surface area contributed by atoms with Crippen LogP contribution in [-0.4, -0.2) is 39.0 Å². The molecule has 0 heterocycles. The monoisotopic (exact) mass is 419 g/mol. The van der Waals surface area contributed by atoms with Gasteiger partial charge in [-0.2, -0.15) is 4.31 Å². The van der Waals surface area contributed by atoms with E-state index in [1.54, 1.807) is 36.4 Å². The van der Waals surface area contributed by atoms with Gasteiger partial charge in [0.1, 0.15) is 6.61 Å². The van der Waals surface area contributed by atoms with Gasteiger partial charge in [0.05, 0.1) is 18.0 Å². The molecule has 0 saturated heterocycles. The maximum absolute atomic E-state index is 12.9. The van der Waals surface area contributed by atoms with Crippen LogP contribution in [0.5, 0.6) is 0 Å². The number of hydrogen-bond acceptors (Lipinski definition) is 3. The third kappa shape index (κ3) is 7.06. The van der Waals surface area contributed by atoms with Gasteiger partial charge in [-0.15, -0.1) is 13.2 Å². The molecule has 0 saturated carbocycles. The summed E-state index contributed by atoms with van der Waals surface area (Å²) < 4.78 is 32.3. The van der Waals surface area contributed by atoms with Crippen molar-refractivity contribution in [3.63, 3.8) is 0 Å². The number of benzene rings is 2. The molecule has 5 heteroatoms. The van der Waals surface area contributed by atoms with E-state index in [4.69, 9.17) is 4.74 Å². The van der Waals surface area contributed by atoms with Crippen LogP contribution in [0.2, 0.25) is 0 Å². The Morgan fingerprint density at radius 3 is 2.10 bits per heavy atom. The minimum absolute atomic E-state index is 0.0738. The van der Waals surface area contributed by atoms with E-state index >= 15 is 0 Å². The molecule has 0 aromatic heterocycles. The summed E-state index contributed by atoms with van der Waals surface area (Å²) in [5.41, 5.74) is 2.65. The van der Waals surface area contributed by atoms with Crippen LogP contribution in [0.15, 0.2) is 78.7 Å². The summed E-state index contributed by atoms with van der Waals surface area (Å²) in [4.78, 5) is 0.247. The van der Waals surface area contributed by atoms with Gasteiger partial charge in [-0.1, -0.05) is 53.5 Å². The van der Waals surface area contributed by atoms with Crippen LogP contribution >= 0.6 is 0 Å². The van der Waals surface area contributed by atoms with Gasteiger partial charge < -0.3 is 4.74 Å². The zero-order valence-corrected chi connectivity index (χ0v) is 17.9. The molecule has 2 rings (SSSR count). The van der Waals surface area contributed by atoms with Gasteiger partial charge >= 0.3 is 0 Å². The fourth-order valence-electron chi connectivity index (χ4n) is 2.45. The highest BCUT2D eigenvalue weighted by molar-refractivity contribution is 7.89. The van der Waals surface area contributed by atoms with Crippen molar-refractivity contribution >= 4 is 10.0 Å². The lowest BCUT2D eigenvalue weighted by Crippen LogP contribution is -2.31. The predicted octanol–water partition coefficient (Wildman–Crippen LogP) is 3.78. The van der Waals surface area contributed by atoms with E-state index in [1.807, 2.05) is 31.2 Å². The maximum Gasteiger partial charge on any atom is 0.244 e. The first kappa shape index (κ1) is 23.2. The Hall–Kier alpha value is -3.09. The molecule has 0 bridgehead atoms. The molecule has 0 N–H and O–H groups in total. The fraction of sp³-hybridized carbons (Fsp3) is 0.200. The molecule has 0 amide bonds. The van der Waals surface area contributed by atoms with Crippen LogP contribution < -0.4 is 0 Å². The predicted molar refractivity (Wildman–Crippen MR) is 121 cm³/mol. The van der Waals surface area contributed by atoms with E-state index < -0.39 is 10.0 Å². The quantitative estimate of drug-likeness (QED) is 0.372. The molecular formula is C25H25NO3S. The van der Waals surface area contributed by atoms with E-state index in [9.17, 15) is 8.42 Å². The highest BCUT2D eigenvalue weighted by atomic mass is 32.2. The van der Waals surface area contributed by atoms with Crippen molar-refractivity contribution in [3.05, 3.63) is 90.5 Å². The van der Waals surface area contributed by atoms with Crippen LogP contribution in [0, 0.1) is 30.6 Å². The highest BCUT2D eigenvalue weighted by Crippen LogP contribution is 2.16. The van der Waals surface area contributed by atoms with Gasteiger partial charge in [-0.05, 0) is 43.3 Å². The number of nitrogens with zero attached hydrogens (tertiary/aromatic N) is 1. The van der Waals surface area contributed by atoms with Gasteiger partial charge in [-0.3, -0.25) is 0 Å². The Balaban J connectivity index is 2.06. The maximum atomic E-state index is 12.9. The van der Waals surface area contributed by atoms with Crippen LogP contribution in [0.4, 0.5) is 0 Å².